The van der Waals surface area contributed by atoms with E-state index in [2.05, 4.69) is 44.5 Å². The minimum atomic E-state index is -0.581. The highest BCUT2D eigenvalue weighted by molar-refractivity contribution is 5.90. The molecular weight excluding hydrogens is 479 g/mol. The second-order valence-corrected chi connectivity index (χ2v) is 8.74. The number of aryl methyl sites for hydroxylation is 1. The summed E-state index contributed by atoms with van der Waals surface area (Å²) in [4.78, 5) is 33.0. The van der Waals surface area contributed by atoms with Crippen molar-refractivity contribution in [1.29, 1.82) is 0 Å². The number of tetrazole rings is 1. The number of nitrogens with one attached hydrogen (secondary N) is 1. The zero-order valence-corrected chi connectivity index (χ0v) is 21.2. The van der Waals surface area contributed by atoms with Gasteiger partial charge < -0.3 is 15.0 Å². The predicted molar refractivity (Wildman–Crippen MR) is 135 cm³/mol. The molecule has 3 aromatic rings. The molecule has 0 unspecified atom stereocenters. The summed E-state index contributed by atoms with van der Waals surface area (Å²) < 4.78 is 20.3. The fourth-order valence-electron chi connectivity index (χ4n) is 4.10. The van der Waals surface area contributed by atoms with Crippen LogP contribution >= 0.6 is 0 Å². The fraction of sp³-hybridized carbons (Fsp3) is 0.440. The first-order chi connectivity index (χ1) is 17.9. The summed E-state index contributed by atoms with van der Waals surface area (Å²) >= 11 is 0. The molecular formula is C25H31FN8O3. The van der Waals surface area contributed by atoms with E-state index in [1.807, 2.05) is 0 Å². The molecule has 1 fully saturated rings. The van der Waals surface area contributed by atoms with Crippen molar-refractivity contribution in [3.8, 4) is 22.6 Å². The standard InChI is InChI=1S/C25H31FN8O3/c1-4-32(5-2)11-6-12-34-30-24(29-31-34)23-10-7-18(14-28-23)21-9-8-19(13-22(21)26)33-16-20(37-25(33)36)15-27-17(3)35/h7-10,13-14,20H,4-6,11-12,15-16H2,1-3H3,(H,27,35)/t20-/m0/s1. The normalized spacial score (nSPS) is 15.3. The van der Waals surface area contributed by atoms with Gasteiger partial charge in [-0.05, 0) is 55.5 Å². The number of amides is 2. The predicted octanol–water partition coefficient (Wildman–Crippen LogP) is 2.73. The summed E-state index contributed by atoms with van der Waals surface area (Å²) in [5.74, 6) is -0.301. The number of cyclic esters (lactones) is 1. The quantitative estimate of drug-likeness (QED) is 0.418. The number of halogens is 1. The van der Waals surface area contributed by atoms with Gasteiger partial charge >= 0.3 is 6.09 Å². The topological polar surface area (TPSA) is 118 Å². The average Bonchev–Trinajstić information content (AvgIpc) is 3.52. The molecule has 0 bridgehead atoms. The number of nitrogens with zero attached hydrogens (tertiary/aromatic N) is 7. The van der Waals surface area contributed by atoms with Crippen molar-refractivity contribution >= 4 is 17.7 Å². The van der Waals surface area contributed by atoms with Gasteiger partial charge in [0.05, 0.1) is 25.3 Å². The first kappa shape index (κ1) is 26.1. The summed E-state index contributed by atoms with van der Waals surface area (Å²) in [7, 11) is 0. The number of ether oxygens (including phenoxy) is 1. The van der Waals surface area contributed by atoms with Gasteiger partial charge in [0.25, 0.3) is 0 Å². The van der Waals surface area contributed by atoms with E-state index in [0.29, 0.717) is 34.9 Å². The summed E-state index contributed by atoms with van der Waals surface area (Å²) in [6.07, 6.45) is 1.40. The first-order valence-electron chi connectivity index (χ1n) is 12.4. The lowest BCUT2D eigenvalue weighted by Gasteiger charge is -2.16. The van der Waals surface area contributed by atoms with Crippen LogP contribution in [0.4, 0.5) is 14.9 Å². The van der Waals surface area contributed by atoms with Gasteiger partial charge in [-0.15, -0.1) is 10.2 Å². The van der Waals surface area contributed by atoms with E-state index in [1.54, 1.807) is 35.3 Å². The number of benzene rings is 1. The zero-order valence-electron chi connectivity index (χ0n) is 21.2. The SMILES string of the molecule is CCN(CC)CCCn1nnc(-c2ccc(-c3ccc(N4C[C@H](CNC(C)=O)OC4=O)cc3F)cn2)n1. The Hall–Kier alpha value is -3.93. The lowest BCUT2D eigenvalue weighted by molar-refractivity contribution is -0.119. The van der Waals surface area contributed by atoms with E-state index in [4.69, 9.17) is 4.74 Å². The maximum absolute atomic E-state index is 15.0. The van der Waals surface area contributed by atoms with Gasteiger partial charge in [0.2, 0.25) is 11.7 Å². The van der Waals surface area contributed by atoms with Gasteiger partial charge in [-0.2, -0.15) is 4.80 Å². The van der Waals surface area contributed by atoms with Crippen LogP contribution in [0.1, 0.15) is 27.2 Å². The van der Waals surface area contributed by atoms with Crippen molar-refractivity contribution in [3.05, 3.63) is 42.3 Å². The molecule has 1 atom stereocenters. The highest BCUT2D eigenvalue weighted by Gasteiger charge is 2.32. The van der Waals surface area contributed by atoms with Crippen LogP contribution in [0.5, 0.6) is 0 Å². The molecule has 2 aromatic heterocycles. The Morgan fingerprint density at radius 2 is 2.05 bits per heavy atom. The maximum Gasteiger partial charge on any atom is 0.414 e. The molecule has 11 nitrogen and oxygen atoms in total. The van der Waals surface area contributed by atoms with Crippen LogP contribution < -0.4 is 10.2 Å². The van der Waals surface area contributed by atoms with Gasteiger partial charge in [-0.1, -0.05) is 19.9 Å². The summed E-state index contributed by atoms with van der Waals surface area (Å²) in [5, 5.41) is 15.2. The Kier molecular flexibility index (Phi) is 8.39. The van der Waals surface area contributed by atoms with Crippen LogP contribution in [-0.4, -0.2) is 80.9 Å². The molecule has 0 spiro atoms. The lowest BCUT2D eigenvalue weighted by atomic mass is 10.1. The van der Waals surface area contributed by atoms with Gasteiger partial charge in [0.15, 0.2) is 0 Å². The Morgan fingerprint density at radius 1 is 1.24 bits per heavy atom. The van der Waals surface area contributed by atoms with Crippen molar-refractivity contribution in [3.63, 3.8) is 0 Å². The van der Waals surface area contributed by atoms with Crippen LogP contribution in [-0.2, 0) is 16.1 Å². The second kappa shape index (κ2) is 11.9. The molecule has 1 saturated heterocycles. The molecule has 0 aliphatic carbocycles. The van der Waals surface area contributed by atoms with Gasteiger partial charge in [0.1, 0.15) is 17.6 Å². The van der Waals surface area contributed by atoms with Crippen molar-refractivity contribution in [2.75, 3.05) is 37.6 Å². The molecule has 3 heterocycles. The van der Waals surface area contributed by atoms with E-state index in [1.165, 1.54) is 17.9 Å². The average molecular weight is 511 g/mol. The molecule has 37 heavy (non-hydrogen) atoms. The summed E-state index contributed by atoms with van der Waals surface area (Å²) in [6, 6.07) is 8.01. The molecule has 1 N–H and O–H groups in total. The number of hydrogen-bond acceptors (Lipinski definition) is 8. The van der Waals surface area contributed by atoms with Gasteiger partial charge in [0, 0.05) is 24.2 Å². The zero-order chi connectivity index (χ0) is 26.4. The number of carbonyl (C=O) groups is 2. The number of anilines is 1. The maximum atomic E-state index is 15.0. The molecule has 0 radical (unpaired) electrons. The van der Waals surface area contributed by atoms with E-state index >= 15 is 4.39 Å². The minimum Gasteiger partial charge on any atom is -0.442 e. The summed E-state index contributed by atoms with van der Waals surface area (Å²) in [5.41, 5.74) is 1.84. The number of aromatic nitrogens is 5. The van der Waals surface area contributed by atoms with E-state index in [0.717, 1.165) is 26.1 Å². The molecule has 1 aliphatic heterocycles. The molecule has 12 heteroatoms. The monoisotopic (exact) mass is 510 g/mol. The number of carbonyl (C=O) groups excluding carboxylic acids is 2. The van der Waals surface area contributed by atoms with Crippen molar-refractivity contribution in [2.24, 2.45) is 0 Å². The van der Waals surface area contributed by atoms with Crippen LogP contribution in [0.2, 0.25) is 0 Å². The molecule has 4 rings (SSSR count). The molecule has 2 amide bonds. The van der Waals surface area contributed by atoms with Crippen LogP contribution in [0.3, 0.4) is 0 Å². The summed E-state index contributed by atoms with van der Waals surface area (Å²) in [6.45, 7) is 9.75. The molecule has 1 aromatic carbocycles. The molecule has 1 aliphatic rings. The smallest absolute Gasteiger partial charge is 0.414 e. The lowest BCUT2D eigenvalue weighted by Crippen LogP contribution is -2.33. The number of rotatable bonds is 11. The highest BCUT2D eigenvalue weighted by atomic mass is 19.1. The third kappa shape index (κ3) is 6.45. The van der Waals surface area contributed by atoms with Crippen molar-refractivity contribution in [1.82, 2.24) is 35.4 Å². The number of pyridine rings is 1. The Morgan fingerprint density at radius 3 is 2.73 bits per heavy atom. The van der Waals surface area contributed by atoms with Gasteiger partial charge in [-0.3, -0.25) is 14.7 Å². The fourth-order valence-corrected chi connectivity index (χ4v) is 4.10. The highest BCUT2D eigenvalue weighted by Crippen LogP contribution is 2.29. The molecule has 0 saturated carbocycles. The Labute approximate surface area is 214 Å². The van der Waals surface area contributed by atoms with Crippen molar-refractivity contribution in [2.45, 2.75) is 39.8 Å². The van der Waals surface area contributed by atoms with Crippen LogP contribution in [0.15, 0.2) is 36.5 Å². The first-order valence-corrected chi connectivity index (χ1v) is 12.4. The third-order valence-corrected chi connectivity index (χ3v) is 6.20. The van der Waals surface area contributed by atoms with E-state index < -0.39 is 18.0 Å². The number of hydrogen-bond donors (Lipinski definition) is 1. The Bertz CT molecular complexity index is 1230. The van der Waals surface area contributed by atoms with E-state index in [-0.39, 0.29) is 19.0 Å². The van der Waals surface area contributed by atoms with Crippen molar-refractivity contribution < 1.29 is 18.7 Å². The second-order valence-electron chi connectivity index (χ2n) is 8.74. The minimum absolute atomic E-state index is 0.203. The molecule has 196 valence electrons. The third-order valence-electron chi connectivity index (χ3n) is 6.20. The van der Waals surface area contributed by atoms with Crippen LogP contribution in [0, 0.1) is 5.82 Å². The largest absolute Gasteiger partial charge is 0.442 e. The van der Waals surface area contributed by atoms with E-state index in [9.17, 15) is 9.59 Å². The van der Waals surface area contributed by atoms with Crippen LogP contribution in [0.25, 0.3) is 22.6 Å². The van der Waals surface area contributed by atoms with Gasteiger partial charge in [-0.25, -0.2) is 9.18 Å². The Balaban J connectivity index is 1.39.